The standard InChI is InChI=1S/C20H32N2O2/c1-21-12-10-17(11-13-21)22(2)14-18(23)15-24-20-9-5-7-16-6-3-4-8-19(16)20/h3-4,6,8,17-18,20,23H,5,7,9-15H2,1-2H3/p+2/t18-,20+/m0/s1. The number of rotatable bonds is 6. The number of ether oxygens (including phenoxy) is 1. The van der Waals surface area contributed by atoms with Gasteiger partial charge in [-0.1, -0.05) is 24.3 Å². The highest BCUT2D eigenvalue weighted by Crippen LogP contribution is 2.32. The van der Waals surface area contributed by atoms with E-state index in [2.05, 4.69) is 38.4 Å². The van der Waals surface area contributed by atoms with Crippen LogP contribution in [0.1, 0.15) is 42.9 Å². The third-order valence-electron chi connectivity index (χ3n) is 5.90. The van der Waals surface area contributed by atoms with E-state index in [0.717, 1.165) is 19.4 Å². The molecule has 134 valence electrons. The average molecular weight is 335 g/mol. The van der Waals surface area contributed by atoms with Gasteiger partial charge in [-0.3, -0.25) is 0 Å². The molecule has 0 radical (unpaired) electrons. The molecule has 3 N–H and O–H groups in total. The van der Waals surface area contributed by atoms with Crippen LogP contribution in [0.4, 0.5) is 0 Å². The SMILES string of the molecule is C[NH+]1CCC([NH+](C)C[C@H](O)CO[C@@H]2CCCc3ccccc32)CC1. The van der Waals surface area contributed by atoms with Crippen LogP contribution in [-0.4, -0.2) is 57.6 Å². The van der Waals surface area contributed by atoms with E-state index in [9.17, 15) is 5.11 Å². The summed E-state index contributed by atoms with van der Waals surface area (Å²) in [6, 6.07) is 9.29. The Hall–Kier alpha value is -0.940. The van der Waals surface area contributed by atoms with E-state index in [4.69, 9.17) is 4.74 Å². The molecule has 1 aromatic rings. The maximum atomic E-state index is 10.4. The highest BCUT2D eigenvalue weighted by atomic mass is 16.5. The van der Waals surface area contributed by atoms with Crippen LogP contribution in [0.3, 0.4) is 0 Å². The molecule has 0 amide bonds. The van der Waals surface area contributed by atoms with Crippen molar-refractivity contribution in [2.75, 3.05) is 40.3 Å². The molecule has 24 heavy (non-hydrogen) atoms. The summed E-state index contributed by atoms with van der Waals surface area (Å²) in [5, 5.41) is 10.4. The van der Waals surface area contributed by atoms with Gasteiger partial charge in [-0.2, -0.15) is 0 Å². The van der Waals surface area contributed by atoms with Gasteiger partial charge in [-0.05, 0) is 30.4 Å². The highest BCUT2D eigenvalue weighted by molar-refractivity contribution is 5.31. The van der Waals surface area contributed by atoms with Gasteiger partial charge in [0.25, 0.3) is 0 Å². The normalized spacial score (nSPS) is 29.7. The lowest BCUT2D eigenvalue weighted by atomic mass is 9.89. The van der Waals surface area contributed by atoms with Crippen LogP contribution >= 0.6 is 0 Å². The van der Waals surface area contributed by atoms with Crippen molar-refractivity contribution in [3.05, 3.63) is 35.4 Å². The number of likely N-dealkylation sites (tertiary alicyclic amines) is 1. The predicted molar refractivity (Wildman–Crippen MR) is 95.5 cm³/mol. The molecule has 0 aromatic heterocycles. The number of benzene rings is 1. The molecule has 1 aliphatic heterocycles. The lowest BCUT2D eigenvalue weighted by molar-refractivity contribution is -0.941. The van der Waals surface area contributed by atoms with E-state index in [0.29, 0.717) is 12.6 Å². The first-order valence-corrected chi connectivity index (χ1v) is 9.64. The molecule has 3 atom stereocenters. The Balaban J connectivity index is 1.45. The number of nitrogens with one attached hydrogen (secondary N) is 2. The number of aliphatic hydroxyl groups excluding tert-OH is 1. The van der Waals surface area contributed by atoms with E-state index < -0.39 is 0 Å². The zero-order valence-corrected chi connectivity index (χ0v) is 15.3. The number of quaternary nitrogens is 2. The Labute approximate surface area is 146 Å². The number of aryl methyl sites for hydroxylation is 1. The summed E-state index contributed by atoms with van der Waals surface area (Å²) < 4.78 is 6.11. The Morgan fingerprint density at radius 1 is 1.25 bits per heavy atom. The molecule has 1 fully saturated rings. The zero-order chi connectivity index (χ0) is 16.9. The largest absolute Gasteiger partial charge is 0.385 e. The molecule has 0 spiro atoms. The summed E-state index contributed by atoms with van der Waals surface area (Å²) in [4.78, 5) is 3.10. The van der Waals surface area contributed by atoms with Gasteiger partial charge < -0.3 is 19.6 Å². The number of likely N-dealkylation sites (N-methyl/N-ethyl adjacent to an activating group) is 1. The molecule has 4 heteroatoms. The fourth-order valence-corrected chi connectivity index (χ4v) is 4.31. The Kier molecular flexibility index (Phi) is 6.28. The van der Waals surface area contributed by atoms with E-state index in [1.807, 2.05) is 0 Å². The summed E-state index contributed by atoms with van der Waals surface area (Å²) in [5.41, 5.74) is 2.75. The van der Waals surface area contributed by atoms with Crippen molar-refractivity contribution in [3.63, 3.8) is 0 Å². The van der Waals surface area contributed by atoms with Crippen LogP contribution in [0, 0.1) is 0 Å². The van der Waals surface area contributed by atoms with Gasteiger partial charge in [-0.15, -0.1) is 0 Å². The maximum Gasteiger partial charge on any atom is 0.126 e. The molecule has 1 aromatic carbocycles. The molecule has 0 bridgehead atoms. The first-order valence-electron chi connectivity index (χ1n) is 9.64. The minimum atomic E-state index is -0.369. The van der Waals surface area contributed by atoms with Gasteiger partial charge in [0.15, 0.2) is 0 Å². The molecule has 3 rings (SSSR count). The number of hydrogen-bond acceptors (Lipinski definition) is 2. The van der Waals surface area contributed by atoms with Crippen molar-refractivity contribution >= 4 is 0 Å². The van der Waals surface area contributed by atoms with Crippen molar-refractivity contribution in [3.8, 4) is 0 Å². The Morgan fingerprint density at radius 2 is 2.00 bits per heavy atom. The zero-order valence-electron chi connectivity index (χ0n) is 15.3. The number of piperidine rings is 1. The number of aliphatic hydroxyl groups is 1. The molecular formula is C20H34N2O2+2. The molecule has 1 saturated heterocycles. The quantitative estimate of drug-likeness (QED) is 0.664. The molecule has 2 aliphatic rings. The average Bonchev–Trinajstić information content (AvgIpc) is 2.60. The van der Waals surface area contributed by atoms with Crippen molar-refractivity contribution in [1.82, 2.24) is 0 Å². The summed E-state index contributed by atoms with van der Waals surface area (Å²) >= 11 is 0. The van der Waals surface area contributed by atoms with Crippen molar-refractivity contribution in [1.29, 1.82) is 0 Å². The van der Waals surface area contributed by atoms with Gasteiger partial charge in [0.2, 0.25) is 0 Å². The van der Waals surface area contributed by atoms with E-state index in [-0.39, 0.29) is 12.2 Å². The van der Waals surface area contributed by atoms with Crippen molar-refractivity contribution in [2.45, 2.75) is 50.4 Å². The summed E-state index contributed by atoms with van der Waals surface area (Å²) in [6.07, 6.45) is 5.74. The second-order valence-electron chi connectivity index (χ2n) is 7.85. The van der Waals surface area contributed by atoms with Crippen molar-refractivity contribution in [2.24, 2.45) is 0 Å². The smallest absolute Gasteiger partial charge is 0.126 e. The molecule has 0 saturated carbocycles. The third kappa shape index (κ3) is 4.57. The minimum absolute atomic E-state index is 0.164. The van der Waals surface area contributed by atoms with Crippen LogP contribution in [0.5, 0.6) is 0 Å². The first kappa shape index (κ1) is 17.9. The van der Waals surface area contributed by atoms with Crippen LogP contribution < -0.4 is 9.80 Å². The van der Waals surface area contributed by atoms with Crippen LogP contribution in [0.15, 0.2) is 24.3 Å². The van der Waals surface area contributed by atoms with Gasteiger partial charge in [0.05, 0.1) is 45.9 Å². The topological polar surface area (TPSA) is 38.3 Å². The number of hydrogen-bond donors (Lipinski definition) is 3. The third-order valence-corrected chi connectivity index (χ3v) is 5.90. The fraction of sp³-hybridized carbons (Fsp3) is 0.700. The molecule has 1 heterocycles. The fourth-order valence-electron chi connectivity index (χ4n) is 4.31. The molecule has 4 nitrogen and oxygen atoms in total. The Morgan fingerprint density at radius 3 is 2.79 bits per heavy atom. The first-order chi connectivity index (χ1) is 11.6. The summed E-state index contributed by atoms with van der Waals surface area (Å²) in [6.45, 7) is 3.76. The van der Waals surface area contributed by atoms with Gasteiger partial charge in [0.1, 0.15) is 12.6 Å². The lowest BCUT2D eigenvalue weighted by Gasteiger charge is -2.32. The number of fused-ring (bicyclic) bond motifs is 1. The van der Waals surface area contributed by atoms with Crippen LogP contribution in [-0.2, 0) is 11.2 Å². The van der Waals surface area contributed by atoms with Gasteiger partial charge in [-0.25, -0.2) is 0 Å². The van der Waals surface area contributed by atoms with Gasteiger partial charge in [0, 0.05) is 12.8 Å². The highest BCUT2D eigenvalue weighted by Gasteiger charge is 2.28. The maximum absolute atomic E-state index is 10.4. The summed E-state index contributed by atoms with van der Waals surface area (Å²) in [5.74, 6) is 0. The summed E-state index contributed by atoms with van der Waals surface area (Å²) in [7, 11) is 4.50. The van der Waals surface area contributed by atoms with E-state index >= 15 is 0 Å². The minimum Gasteiger partial charge on any atom is -0.385 e. The molecule has 1 unspecified atom stereocenters. The van der Waals surface area contributed by atoms with E-state index in [1.54, 1.807) is 4.90 Å². The molecular weight excluding hydrogens is 300 g/mol. The van der Waals surface area contributed by atoms with E-state index in [1.165, 1.54) is 48.4 Å². The lowest BCUT2D eigenvalue weighted by Crippen LogP contribution is -3.18. The van der Waals surface area contributed by atoms with Crippen LogP contribution in [0.2, 0.25) is 0 Å². The Bertz CT molecular complexity index is 514. The second-order valence-corrected chi connectivity index (χ2v) is 7.85. The van der Waals surface area contributed by atoms with Gasteiger partial charge >= 0.3 is 0 Å². The monoisotopic (exact) mass is 334 g/mol. The predicted octanol–water partition coefficient (Wildman–Crippen LogP) is -0.367. The second kappa shape index (κ2) is 8.43. The molecule has 1 aliphatic carbocycles. The van der Waals surface area contributed by atoms with Crippen LogP contribution in [0.25, 0.3) is 0 Å². The van der Waals surface area contributed by atoms with Crippen molar-refractivity contribution < 1.29 is 19.6 Å².